The van der Waals surface area contributed by atoms with Gasteiger partial charge in [-0.1, -0.05) is 13.8 Å². The molecule has 0 unspecified atom stereocenters. The highest BCUT2D eigenvalue weighted by Gasteiger charge is 2.07. The molecule has 2 aromatic carbocycles. The number of benzene rings is 2. The van der Waals surface area contributed by atoms with Crippen molar-refractivity contribution in [3.05, 3.63) is 59.7 Å². The largest absolute Gasteiger partial charge is 0.366 e. The van der Waals surface area contributed by atoms with Crippen molar-refractivity contribution in [1.29, 1.82) is 0 Å². The lowest BCUT2D eigenvalue weighted by atomic mass is 10.2. The van der Waals surface area contributed by atoms with Crippen LogP contribution in [0.4, 0.5) is 5.69 Å². The molecule has 0 aliphatic rings. The van der Waals surface area contributed by atoms with E-state index in [2.05, 4.69) is 19.2 Å². The molecule has 0 aromatic heterocycles. The van der Waals surface area contributed by atoms with Crippen LogP contribution in [0.25, 0.3) is 0 Å². The van der Waals surface area contributed by atoms with Crippen molar-refractivity contribution >= 4 is 29.3 Å². The molecule has 0 aliphatic heterocycles. The van der Waals surface area contributed by atoms with E-state index in [4.69, 9.17) is 5.73 Å². The molecule has 0 fully saturated rings. The highest BCUT2D eigenvalue weighted by Crippen LogP contribution is 2.23. The lowest BCUT2D eigenvalue weighted by Crippen LogP contribution is -2.13. The molecule has 0 saturated carbocycles. The van der Waals surface area contributed by atoms with Crippen LogP contribution in [-0.4, -0.2) is 17.1 Å². The second-order valence-electron chi connectivity index (χ2n) is 5.09. The summed E-state index contributed by atoms with van der Waals surface area (Å²) in [6.45, 7) is 4.25. The van der Waals surface area contributed by atoms with E-state index in [-0.39, 0.29) is 5.91 Å². The van der Waals surface area contributed by atoms with Crippen molar-refractivity contribution in [2.45, 2.75) is 24.0 Å². The molecule has 0 bridgehead atoms. The monoisotopic (exact) mass is 314 g/mol. The van der Waals surface area contributed by atoms with Gasteiger partial charge in [-0.3, -0.25) is 9.59 Å². The number of nitrogens with one attached hydrogen (secondary N) is 1. The maximum atomic E-state index is 12.2. The minimum absolute atomic E-state index is 0.187. The van der Waals surface area contributed by atoms with Gasteiger partial charge in [-0.2, -0.15) is 0 Å². The van der Waals surface area contributed by atoms with Gasteiger partial charge in [0.15, 0.2) is 0 Å². The molecule has 4 nitrogen and oxygen atoms in total. The van der Waals surface area contributed by atoms with Gasteiger partial charge in [0.2, 0.25) is 5.91 Å². The summed E-state index contributed by atoms with van der Waals surface area (Å²) in [6.07, 6.45) is 0. The van der Waals surface area contributed by atoms with E-state index < -0.39 is 5.91 Å². The number of hydrogen-bond donors (Lipinski definition) is 2. The molecule has 22 heavy (non-hydrogen) atoms. The van der Waals surface area contributed by atoms with E-state index >= 15 is 0 Å². The number of carbonyl (C=O) groups excluding carboxylic acids is 2. The first-order chi connectivity index (χ1) is 10.5. The molecular weight excluding hydrogens is 296 g/mol. The predicted octanol–water partition coefficient (Wildman–Crippen LogP) is 3.54. The third-order valence-electron chi connectivity index (χ3n) is 2.92. The Kier molecular flexibility index (Phi) is 5.22. The Bertz CT molecular complexity index is 664. The molecule has 2 aromatic rings. The molecule has 0 spiro atoms. The topological polar surface area (TPSA) is 72.2 Å². The number of hydrogen-bond acceptors (Lipinski definition) is 3. The summed E-state index contributed by atoms with van der Waals surface area (Å²) in [5.41, 5.74) is 6.80. The highest BCUT2D eigenvalue weighted by molar-refractivity contribution is 7.99. The summed E-state index contributed by atoms with van der Waals surface area (Å²) in [4.78, 5) is 24.3. The fraction of sp³-hybridized carbons (Fsp3) is 0.176. The molecule has 3 N–H and O–H groups in total. The average molecular weight is 314 g/mol. The van der Waals surface area contributed by atoms with Crippen molar-refractivity contribution in [3.8, 4) is 0 Å². The van der Waals surface area contributed by atoms with Gasteiger partial charge in [0.05, 0.1) is 0 Å². The van der Waals surface area contributed by atoms with E-state index in [0.717, 1.165) is 4.90 Å². The summed E-state index contributed by atoms with van der Waals surface area (Å²) in [5.74, 6) is -0.677. The third kappa shape index (κ3) is 4.36. The van der Waals surface area contributed by atoms with Crippen molar-refractivity contribution in [2.24, 2.45) is 5.73 Å². The van der Waals surface area contributed by atoms with Gasteiger partial charge in [-0.25, -0.2) is 0 Å². The van der Waals surface area contributed by atoms with Crippen LogP contribution in [0.15, 0.2) is 53.4 Å². The zero-order chi connectivity index (χ0) is 16.1. The molecule has 2 amide bonds. The van der Waals surface area contributed by atoms with Crippen molar-refractivity contribution < 1.29 is 9.59 Å². The standard InChI is InChI=1S/C17H18N2O2S/c1-11(2)22-15-9-5-13(6-10-15)17(21)19-14-7-3-12(4-8-14)16(18)20/h3-11H,1-2H3,(H2,18,20)(H,19,21). The molecule has 0 aliphatic carbocycles. The number of carbonyl (C=O) groups is 2. The van der Waals surface area contributed by atoms with E-state index in [1.807, 2.05) is 12.1 Å². The molecule has 0 atom stereocenters. The third-order valence-corrected chi connectivity index (χ3v) is 3.93. The predicted molar refractivity (Wildman–Crippen MR) is 90.3 cm³/mol. The second-order valence-corrected chi connectivity index (χ2v) is 6.74. The van der Waals surface area contributed by atoms with Crippen LogP contribution >= 0.6 is 11.8 Å². The zero-order valence-corrected chi connectivity index (χ0v) is 13.3. The summed E-state index contributed by atoms with van der Waals surface area (Å²) >= 11 is 1.75. The van der Waals surface area contributed by atoms with Crippen molar-refractivity contribution in [2.75, 3.05) is 5.32 Å². The quantitative estimate of drug-likeness (QED) is 0.829. The maximum absolute atomic E-state index is 12.2. The summed E-state index contributed by atoms with van der Waals surface area (Å²) < 4.78 is 0. The first kappa shape index (κ1) is 16.1. The lowest BCUT2D eigenvalue weighted by Gasteiger charge is -2.08. The lowest BCUT2D eigenvalue weighted by molar-refractivity contribution is 0.0998. The summed E-state index contributed by atoms with van der Waals surface area (Å²) in [6, 6.07) is 14.0. The smallest absolute Gasteiger partial charge is 0.255 e. The molecule has 114 valence electrons. The minimum atomic E-state index is -0.490. The molecule has 0 heterocycles. The Morgan fingerprint density at radius 3 is 2.00 bits per heavy atom. The van der Waals surface area contributed by atoms with Crippen LogP contribution in [0.5, 0.6) is 0 Å². The second kappa shape index (κ2) is 7.13. The van der Waals surface area contributed by atoms with E-state index in [0.29, 0.717) is 22.1 Å². The van der Waals surface area contributed by atoms with E-state index in [1.54, 1.807) is 48.2 Å². The number of rotatable bonds is 5. The SMILES string of the molecule is CC(C)Sc1ccc(C(=O)Nc2ccc(C(N)=O)cc2)cc1. The number of primary amides is 1. The van der Waals surface area contributed by atoms with Crippen LogP contribution < -0.4 is 11.1 Å². The van der Waals surface area contributed by atoms with Crippen LogP contribution in [0, 0.1) is 0 Å². The zero-order valence-electron chi connectivity index (χ0n) is 12.5. The Balaban J connectivity index is 2.03. The summed E-state index contributed by atoms with van der Waals surface area (Å²) in [7, 11) is 0. The first-order valence-electron chi connectivity index (χ1n) is 6.93. The van der Waals surface area contributed by atoms with Gasteiger partial charge in [-0.15, -0.1) is 11.8 Å². The van der Waals surface area contributed by atoms with Gasteiger partial charge >= 0.3 is 0 Å². The van der Waals surface area contributed by atoms with Crippen LogP contribution in [0.3, 0.4) is 0 Å². The maximum Gasteiger partial charge on any atom is 0.255 e. The molecule has 2 rings (SSSR count). The van der Waals surface area contributed by atoms with Crippen LogP contribution in [-0.2, 0) is 0 Å². The molecule has 0 saturated heterocycles. The van der Waals surface area contributed by atoms with Crippen molar-refractivity contribution in [1.82, 2.24) is 0 Å². The normalized spacial score (nSPS) is 10.5. The molecular formula is C17H18N2O2S. The molecule has 5 heteroatoms. The van der Waals surface area contributed by atoms with Crippen LogP contribution in [0.1, 0.15) is 34.6 Å². The fourth-order valence-corrected chi connectivity index (χ4v) is 2.72. The van der Waals surface area contributed by atoms with Gasteiger partial charge < -0.3 is 11.1 Å². The Morgan fingerprint density at radius 1 is 0.955 bits per heavy atom. The van der Waals surface area contributed by atoms with Gasteiger partial charge in [0.25, 0.3) is 5.91 Å². The fourth-order valence-electron chi connectivity index (χ4n) is 1.88. The first-order valence-corrected chi connectivity index (χ1v) is 7.81. The van der Waals surface area contributed by atoms with Crippen molar-refractivity contribution in [3.63, 3.8) is 0 Å². The summed E-state index contributed by atoms with van der Waals surface area (Å²) in [5, 5.41) is 3.29. The molecule has 0 radical (unpaired) electrons. The number of amides is 2. The van der Waals surface area contributed by atoms with Crippen LogP contribution in [0.2, 0.25) is 0 Å². The Labute approximate surface area is 134 Å². The average Bonchev–Trinajstić information content (AvgIpc) is 2.48. The van der Waals surface area contributed by atoms with Gasteiger partial charge in [-0.05, 0) is 48.5 Å². The highest BCUT2D eigenvalue weighted by atomic mass is 32.2. The van der Waals surface area contributed by atoms with Gasteiger partial charge in [0, 0.05) is 27.0 Å². The van der Waals surface area contributed by atoms with E-state index in [1.165, 1.54) is 0 Å². The number of nitrogens with two attached hydrogens (primary N) is 1. The van der Waals surface area contributed by atoms with Gasteiger partial charge in [0.1, 0.15) is 0 Å². The number of thioether (sulfide) groups is 1. The Morgan fingerprint density at radius 2 is 1.50 bits per heavy atom. The minimum Gasteiger partial charge on any atom is -0.366 e. The number of anilines is 1. The Hall–Kier alpha value is -2.27. The van der Waals surface area contributed by atoms with E-state index in [9.17, 15) is 9.59 Å².